The summed E-state index contributed by atoms with van der Waals surface area (Å²) in [5.74, 6) is 2.29. The molecule has 0 aliphatic rings. The van der Waals surface area contributed by atoms with Crippen molar-refractivity contribution in [3.8, 4) is 0 Å². The van der Waals surface area contributed by atoms with Crippen molar-refractivity contribution in [2.75, 3.05) is 23.9 Å². The molecule has 0 saturated carbocycles. The van der Waals surface area contributed by atoms with Gasteiger partial charge in [-0.25, -0.2) is 4.98 Å². The largest absolute Gasteiger partial charge is 0.370 e. The van der Waals surface area contributed by atoms with Crippen LogP contribution in [0.15, 0.2) is 18.3 Å². The van der Waals surface area contributed by atoms with Crippen LogP contribution in [0.3, 0.4) is 0 Å². The predicted molar refractivity (Wildman–Crippen MR) is 88.3 cm³/mol. The predicted octanol–water partition coefficient (Wildman–Crippen LogP) is 4.71. The molecule has 1 aromatic heterocycles. The standard InChI is InChI=1S/C16H28N2S/c1-16(2,3)14-9-10-15(18-13-14)17-11-7-5-6-8-12-19-4/h9-10,13H,5-8,11-12H2,1-4H3,(H,17,18). The monoisotopic (exact) mass is 280 g/mol. The van der Waals surface area contributed by atoms with Gasteiger partial charge in [0.25, 0.3) is 0 Å². The highest BCUT2D eigenvalue weighted by Crippen LogP contribution is 2.21. The average Bonchev–Trinajstić information content (AvgIpc) is 2.37. The van der Waals surface area contributed by atoms with Gasteiger partial charge in [0.1, 0.15) is 5.82 Å². The maximum atomic E-state index is 4.48. The van der Waals surface area contributed by atoms with Crippen molar-refractivity contribution < 1.29 is 0 Å². The highest BCUT2D eigenvalue weighted by atomic mass is 32.2. The van der Waals surface area contributed by atoms with Crippen LogP contribution >= 0.6 is 11.8 Å². The van der Waals surface area contributed by atoms with E-state index in [0.29, 0.717) is 0 Å². The minimum Gasteiger partial charge on any atom is -0.370 e. The number of aromatic nitrogens is 1. The first-order chi connectivity index (χ1) is 9.04. The highest BCUT2D eigenvalue weighted by molar-refractivity contribution is 7.98. The van der Waals surface area contributed by atoms with E-state index < -0.39 is 0 Å². The molecular formula is C16H28N2S. The summed E-state index contributed by atoms with van der Waals surface area (Å²) in [6, 6.07) is 4.27. The van der Waals surface area contributed by atoms with E-state index in [9.17, 15) is 0 Å². The van der Waals surface area contributed by atoms with Gasteiger partial charge >= 0.3 is 0 Å². The van der Waals surface area contributed by atoms with Gasteiger partial charge in [0, 0.05) is 12.7 Å². The number of anilines is 1. The SMILES string of the molecule is CSCCCCCCNc1ccc(C(C)(C)C)cn1. The molecule has 0 aliphatic heterocycles. The van der Waals surface area contributed by atoms with E-state index in [1.54, 1.807) is 0 Å². The van der Waals surface area contributed by atoms with Gasteiger partial charge in [-0.05, 0) is 41.9 Å². The summed E-state index contributed by atoms with van der Waals surface area (Å²) in [6.07, 6.45) is 9.40. The number of nitrogens with zero attached hydrogens (tertiary/aromatic N) is 1. The fourth-order valence-corrected chi connectivity index (χ4v) is 2.38. The maximum absolute atomic E-state index is 4.48. The summed E-state index contributed by atoms with van der Waals surface area (Å²) in [4.78, 5) is 4.48. The van der Waals surface area contributed by atoms with Crippen LogP contribution in [-0.2, 0) is 5.41 Å². The van der Waals surface area contributed by atoms with Gasteiger partial charge in [0.05, 0.1) is 0 Å². The van der Waals surface area contributed by atoms with Gasteiger partial charge in [-0.3, -0.25) is 0 Å². The lowest BCUT2D eigenvalue weighted by molar-refractivity contribution is 0.587. The number of hydrogen-bond donors (Lipinski definition) is 1. The topological polar surface area (TPSA) is 24.9 Å². The molecule has 0 bridgehead atoms. The Labute approximate surface area is 122 Å². The van der Waals surface area contributed by atoms with E-state index >= 15 is 0 Å². The second kappa shape index (κ2) is 8.47. The molecule has 0 aromatic carbocycles. The van der Waals surface area contributed by atoms with Crippen molar-refractivity contribution in [3.05, 3.63) is 23.9 Å². The first-order valence-electron chi connectivity index (χ1n) is 7.23. The number of nitrogens with one attached hydrogen (secondary N) is 1. The Morgan fingerprint density at radius 2 is 1.84 bits per heavy atom. The third-order valence-corrected chi connectivity index (χ3v) is 3.91. The van der Waals surface area contributed by atoms with E-state index in [0.717, 1.165) is 12.4 Å². The summed E-state index contributed by atoms with van der Waals surface area (Å²) < 4.78 is 0. The van der Waals surface area contributed by atoms with Crippen molar-refractivity contribution in [1.82, 2.24) is 4.98 Å². The van der Waals surface area contributed by atoms with Crippen molar-refractivity contribution in [3.63, 3.8) is 0 Å². The van der Waals surface area contributed by atoms with Gasteiger partial charge in [0.2, 0.25) is 0 Å². The van der Waals surface area contributed by atoms with Crippen LogP contribution in [0.2, 0.25) is 0 Å². The first-order valence-corrected chi connectivity index (χ1v) is 8.63. The van der Waals surface area contributed by atoms with E-state index in [-0.39, 0.29) is 5.41 Å². The second-order valence-electron chi connectivity index (χ2n) is 6.02. The van der Waals surface area contributed by atoms with E-state index in [1.165, 1.54) is 37.0 Å². The van der Waals surface area contributed by atoms with Gasteiger partial charge in [0.15, 0.2) is 0 Å². The Morgan fingerprint density at radius 1 is 1.11 bits per heavy atom. The second-order valence-corrected chi connectivity index (χ2v) is 7.00. The fourth-order valence-electron chi connectivity index (χ4n) is 1.88. The van der Waals surface area contributed by atoms with E-state index in [2.05, 4.69) is 49.5 Å². The normalized spacial score (nSPS) is 11.6. The molecule has 0 spiro atoms. The molecule has 1 heterocycles. The van der Waals surface area contributed by atoms with Crippen molar-refractivity contribution in [2.45, 2.75) is 51.9 Å². The third-order valence-electron chi connectivity index (χ3n) is 3.21. The van der Waals surface area contributed by atoms with Gasteiger partial charge in [-0.1, -0.05) is 39.7 Å². The van der Waals surface area contributed by atoms with Crippen LogP contribution in [0.25, 0.3) is 0 Å². The highest BCUT2D eigenvalue weighted by Gasteiger charge is 2.13. The Morgan fingerprint density at radius 3 is 2.42 bits per heavy atom. The quantitative estimate of drug-likeness (QED) is 0.698. The van der Waals surface area contributed by atoms with Crippen molar-refractivity contribution in [1.29, 1.82) is 0 Å². The molecule has 0 radical (unpaired) electrons. The van der Waals surface area contributed by atoms with Gasteiger partial charge < -0.3 is 5.32 Å². The smallest absolute Gasteiger partial charge is 0.125 e. The molecule has 108 valence electrons. The van der Waals surface area contributed by atoms with Crippen LogP contribution in [0.4, 0.5) is 5.82 Å². The van der Waals surface area contributed by atoms with Gasteiger partial charge in [-0.15, -0.1) is 0 Å². The molecule has 0 amide bonds. The average molecular weight is 280 g/mol. The summed E-state index contributed by atoms with van der Waals surface area (Å²) in [7, 11) is 0. The van der Waals surface area contributed by atoms with Crippen molar-refractivity contribution >= 4 is 17.6 Å². The molecular weight excluding hydrogens is 252 g/mol. The number of hydrogen-bond acceptors (Lipinski definition) is 3. The fraction of sp³-hybridized carbons (Fsp3) is 0.688. The molecule has 0 saturated heterocycles. The lowest BCUT2D eigenvalue weighted by Crippen LogP contribution is -2.12. The van der Waals surface area contributed by atoms with Crippen molar-refractivity contribution in [2.24, 2.45) is 0 Å². The zero-order valence-electron chi connectivity index (χ0n) is 12.8. The van der Waals surface area contributed by atoms with Gasteiger partial charge in [-0.2, -0.15) is 11.8 Å². The third kappa shape index (κ3) is 6.86. The van der Waals surface area contributed by atoms with E-state index in [4.69, 9.17) is 0 Å². The molecule has 0 unspecified atom stereocenters. The Bertz CT molecular complexity index is 341. The van der Waals surface area contributed by atoms with Crippen LogP contribution in [0, 0.1) is 0 Å². The molecule has 2 nitrogen and oxygen atoms in total. The van der Waals surface area contributed by atoms with Crippen LogP contribution < -0.4 is 5.32 Å². The summed E-state index contributed by atoms with van der Waals surface area (Å²) in [6.45, 7) is 7.67. The number of thioether (sulfide) groups is 1. The number of unbranched alkanes of at least 4 members (excludes halogenated alkanes) is 3. The minimum atomic E-state index is 0.183. The van der Waals surface area contributed by atoms with E-state index in [1.807, 2.05) is 18.0 Å². The molecule has 1 N–H and O–H groups in total. The first kappa shape index (κ1) is 16.4. The molecule has 0 aliphatic carbocycles. The molecule has 0 fully saturated rings. The Balaban J connectivity index is 2.20. The number of rotatable bonds is 8. The minimum absolute atomic E-state index is 0.183. The molecule has 1 rings (SSSR count). The lowest BCUT2D eigenvalue weighted by Gasteiger charge is -2.18. The summed E-state index contributed by atoms with van der Waals surface area (Å²) >= 11 is 1.94. The molecule has 3 heteroatoms. The lowest BCUT2D eigenvalue weighted by atomic mass is 9.88. The Hall–Kier alpha value is -0.700. The summed E-state index contributed by atoms with van der Waals surface area (Å²) in [5, 5.41) is 3.40. The summed E-state index contributed by atoms with van der Waals surface area (Å²) in [5.41, 5.74) is 1.47. The number of pyridine rings is 1. The van der Waals surface area contributed by atoms with Crippen LogP contribution in [0.5, 0.6) is 0 Å². The van der Waals surface area contributed by atoms with Crippen LogP contribution in [-0.4, -0.2) is 23.5 Å². The zero-order chi connectivity index (χ0) is 14.1. The Kier molecular flexibility index (Phi) is 7.29. The molecule has 0 atom stereocenters. The zero-order valence-corrected chi connectivity index (χ0v) is 13.6. The molecule has 1 aromatic rings. The molecule has 19 heavy (non-hydrogen) atoms. The van der Waals surface area contributed by atoms with Crippen LogP contribution in [0.1, 0.15) is 52.0 Å². The maximum Gasteiger partial charge on any atom is 0.125 e.